The van der Waals surface area contributed by atoms with Crippen LogP contribution in [0.1, 0.15) is 44.6 Å². The molecule has 0 aliphatic heterocycles. The molecule has 174 valence electrons. The summed E-state index contributed by atoms with van der Waals surface area (Å²) >= 11 is 0. The predicted molar refractivity (Wildman–Crippen MR) is 135 cm³/mol. The van der Waals surface area contributed by atoms with Crippen LogP contribution in [-0.2, 0) is 4.79 Å². The van der Waals surface area contributed by atoms with Crippen LogP contribution < -0.4 is 4.74 Å². The van der Waals surface area contributed by atoms with Gasteiger partial charge >= 0.3 is 5.97 Å². The van der Waals surface area contributed by atoms with E-state index in [0.717, 1.165) is 49.5 Å². The van der Waals surface area contributed by atoms with Crippen LogP contribution in [0.25, 0.3) is 17.2 Å². The Hall–Kier alpha value is -3.37. The maximum atomic E-state index is 10.4. The fraction of sp³-hybridized carbons (Fsp3) is 0.276. The van der Waals surface area contributed by atoms with E-state index < -0.39 is 5.97 Å². The maximum Gasteiger partial charge on any atom is 0.328 e. The van der Waals surface area contributed by atoms with Crippen molar-refractivity contribution in [3.05, 3.63) is 96.6 Å². The summed E-state index contributed by atoms with van der Waals surface area (Å²) in [6.45, 7) is 2.65. The number of unbranched alkanes of at least 4 members (excludes halogenated alkanes) is 2. The highest BCUT2D eigenvalue weighted by atomic mass is 16.5. The highest BCUT2D eigenvalue weighted by Crippen LogP contribution is 2.17. The smallest absolute Gasteiger partial charge is 0.328 e. The van der Waals surface area contributed by atoms with Gasteiger partial charge in [0.25, 0.3) is 0 Å². The van der Waals surface area contributed by atoms with E-state index in [9.17, 15) is 9.90 Å². The van der Waals surface area contributed by atoms with Crippen molar-refractivity contribution in [3.63, 3.8) is 0 Å². The highest BCUT2D eigenvalue weighted by Gasteiger charge is 2.00. The third kappa shape index (κ3) is 11.2. The van der Waals surface area contributed by atoms with E-state index in [2.05, 4.69) is 48.5 Å². The average Bonchev–Trinajstić information content (AvgIpc) is 2.87. The number of carbonyl (C=O) groups is 1. The van der Waals surface area contributed by atoms with Gasteiger partial charge in [-0.1, -0.05) is 86.1 Å². The predicted octanol–water partition coefficient (Wildman–Crippen LogP) is 6.85. The van der Waals surface area contributed by atoms with Crippen LogP contribution in [-0.4, -0.2) is 28.9 Å². The number of aliphatic carboxylic acids is 1. The van der Waals surface area contributed by atoms with Crippen LogP contribution in [0.3, 0.4) is 0 Å². The zero-order valence-electron chi connectivity index (χ0n) is 19.3. The minimum absolute atomic E-state index is 0.169. The van der Waals surface area contributed by atoms with Crippen LogP contribution >= 0.6 is 0 Å². The Morgan fingerprint density at radius 2 is 1.42 bits per heavy atom. The largest absolute Gasteiger partial charge is 0.494 e. The monoisotopic (exact) mass is 446 g/mol. The van der Waals surface area contributed by atoms with Gasteiger partial charge in [-0.05, 0) is 60.6 Å². The molecule has 1 unspecified atom stereocenters. The molecule has 1 atom stereocenters. The number of benzene rings is 3. The molecule has 0 aliphatic carbocycles. The lowest BCUT2D eigenvalue weighted by Crippen LogP contribution is -2.04. The summed E-state index contributed by atoms with van der Waals surface area (Å²) < 4.78 is 5.62. The second-order valence-electron chi connectivity index (χ2n) is 7.73. The molecule has 0 fully saturated rings. The zero-order valence-corrected chi connectivity index (χ0v) is 19.3. The van der Waals surface area contributed by atoms with Crippen molar-refractivity contribution < 1.29 is 19.7 Å². The van der Waals surface area contributed by atoms with Crippen LogP contribution in [0, 0.1) is 0 Å². The van der Waals surface area contributed by atoms with Crippen molar-refractivity contribution in [1.82, 2.24) is 0 Å². The molecule has 0 bridgehead atoms. The normalized spacial score (nSPS) is 11.5. The van der Waals surface area contributed by atoms with Gasteiger partial charge in [0, 0.05) is 6.08 Å². The topological polar surface area (TPSA) is 66.8 Å². The van der Waals surface area contributed by atoms with Gasteiger partial charge in [-0.25, -0.2) is 4.79 Å². The number of aliphatic hydroxyl groups excluding tert-OH is 1. The van der Waals surface area contributed by atoms with Gasteiger partial charge in [0.1, 0.15) is 5.75 Å². The summed E-state index contributed by atoms with van der Waals surface area (Å²) in [5.74, 6) is -0.167. The number of ether oxygens (including phenoxy) is 1. The van der Waals surface area contributed by atoms with Crippen molar-refractivity contribution in [3.8, 4) is 16.9 Å². The molecule has 3 rings (SSSR count). The Morgan fingerprint density at radius 1 is 0.848 bits per heavy atom. The Bertz CT molecular complexity index is 897. The fourth-order valence-corrected chi connectivity index (χ4v) is 3.16. The molecular formula is C29H34O4. The second-order valence-corrected chi connectivity index (χ2v) is 7.73. The Kier molecular flexibility index (Phi) is 12.1. The zero-order chi connectivity index (χ0) is 23.7. The van der Waals surface area contributed by atoms with Crippen molar-refractivity contribution in [2.75, 3.05) is 6.61 Å². The molecule has 0 amide bonds. The van der Waals surface area contributed by atoms with Gasteiger partial charge in [-0.2, -0.15) is 0 Å². The number of carboxylic acids is 1. The average molecular weight is 447 g/mol. The molecule has 0 aromatic heterocycles. The van der Waals surface area contributed by atoms with Crippen molar-refractivity contribution in [2.45, 2.75) is 45.1 Å². The molecule has 2 N–H and O–H groups in total. The summed E-state index contributed by atoms with van der Waals surface area (Å²) in [7, 11) is 0. The van der Waals surface area contributed by atoms with Crippen LogP contribution in [0.15, 0.2) is 91.0 Å². The first-order valence-electron chi connectivity index (χ1n) is 11.5. The molecule has 0 spiro atoms. The minimum atomic E-state index is -0.955. The summed E-state index contributed by atoms with van der Waals surface area (Å²) in [6, 6.07) is 28.1. The lowest BCUT2D eigenvalue weighted by molar-refractivity contribution is -0.131. The second kappa shape index (κ2) is 15.4. The van der Waals surface area contributed by atoms with Gasteiger partial charge in [-0.3, -0.25) is 0 Å². The van der Waals surface area contributed by atoms with E-state index in [-0.39, 0.29) is 6.10 Å². The molecule has 3 aromatic rings. The van der Waals surface area contributed by atoms with Crippen LogP contribution in [0.2, 0.25) is 0 Å². The van der Waals surface area contributed by atoms with Crippen molar-refractivity contribution in [1.29, 1.82) is 0 Å². The standard InChI is InChI=1S/C17H24O4.C12H10/c1-2-15(18)6-4-3-5-13-21-16-10-7-14(8-11-16)9-12-17(19)20;1-3-7-11(8-4-1)12-9-5-2-6-10-12/h7-12,15,18H,2-6,13H2,1H3,(H,19,20);1-10H/b12-9+;. The summed E-state index contributed by atoms with van der Waals surface area (Å²) in [6.07, 6.45) is 7.22. The summed E-state index contributed by atoms with van der Waals surface area (Å²) in [5.41, 5.74) is 3.38. The lowest BCUT2D eigenvalue weighted by atomic mass is 10.1. The quantitative estimate of drug-likeness (QED) is 0.250. The molecule has 0 heterocycles. The van der Waals surface area contributed by atoms with Gasteiger partial charge in [0.05, 0.1) is 12.7 Å². The van der Waals surface area contributed by atoms with Gasteiger partial charge in [-0.15, -0.1) is 0 Å². The third-order valence-corrected chi connectivity index (χ3v) is 5.10. The lowest BCUT2D eigenvalue weighted by Gasteiger charge is -2.08. The molecule has 33 heavy (non-hydrogen) atoms. The molecule has 0 radical (unpaired) electrons. The van der Waals surface area contributed by atoms with Crippen molar-refractivity contribution >= 4 is 12.0 Å². The first-order chi connectivity index (χ1) is 16.1. The molecule has 4 heteroatoms. The van der Waals surface area contributed by atoms with E-state index in [0.29, 0.717) is 6.61 Å². The number of aliphatic hydroxyl groups is 1. The Balaban J connectivity index is 0.000000268. The van der Waals surface area contributed by atoms with Crippen LogP contribution in [0.5, 0.6) is 5.75 Å². The molecule has 0 saturated heterocycles. The highest BCUT2D eigenvalue weighted by molar-refractivity contribution is 5.85. The maximum absolute atomic E-state index is 10.4. The van der Waals surface area contributed by atoms with E-state index in [1.807, 2.05) is 43.3 Å². The van der Waals surface area contributed by atoms with E-state index >= 15 is 0 Å². The van der Waals surface area contributed by atoms with Gasteiger partial charge in [0.15, 0.2) is 0 Å². The molecule has 3 aromatic carbocycles. The number of rotatable bonds is 11. The van der Waals surface area contributed by atoms with E-state index in [1.165, 1.54) is 11.1 Å². The first kappa shape index (κ1) is 25.9. The van der Waals surface area contributed by atoms with Gasteiger partial charge in [0.2, 0.25) is 0 Å². The number of hydrogen-bond donors (Lipinski definition) is 2. The minimum Gasteiger partial charge on any atom is -0.494 e. The summed E-state index contributed by atoms with van der Waals surface area (Å²) in [5, 5.41) is 18.0. The Morgan fingerprint density at radius 3 is 1.94 bits per heavy atom. The molecular weight excluding hydrogens is 412 g/mol. The number of hydrogen-bond acceptors (Lipinski definition) is 3. The first-order valence-corrected chi connectivity index (χ1v) is 11.5. The summed E-state index contributed by atoms with van der Waals surface area (Å²) in [4.78, 5) is 10.4. The molecule has 4 nitrogen and oxygen atoms in total. The Labute approximate surface area is 197 Å². The number of carboxylic acid groups (broad SMARTS) is 1. The van der Waals surface area contributed by atoms with Gasteiger partial charge < -0.3 is 14.9 Å². The molecule has 0 saturated carbocycles. The SMILES string of the molecule is CCC(O)CCCCCOc1ccc(/C=C/C(=O)O)cc1.c1ccc(-c2ccccc2)cc1. The van der Waals surface area contributed by atoms with Crippen molar-refractivity contribution in [2.24, 2.45) is 0 Å². The van der Waals surface area contributed by atoms with E-state index in [4.69, 9.17) is 9.84 Å². The molecule has 0 aliphatic rings. The van der Waals surface area contributed by atoms with E-state index in [1.54, 1.807) is 6.08 Å². The third-order valence-electron chi connectivity index (χ3n) is 5.10. The fourth-order valence-electron chi connectivity index (χ4n) is 3.16. The van der Waals surface area contributed by atoms with Crippen LogP contribution in [0.4, 0.5) is 0 Å².